The van der Waals surface area contributed by atoms with Crippen molar-refractivity contribution in [3.05, 3.63) is 12.7 Å². The van der Waals surface area contributed by atoms with Crippen molar-refractivity contribution >= 4 is 5.97 Å². The number of quaternary nitrogens is 1. The van der Waals surface area contributed by atoms with Gasteiger partial charge in [-0.25, -0.2) is 4.79 Å². The van der Waals surface area contributed by atoms with E-state index in [1.807, 2.05) is 0 Å². The van der Waals surface area contributed by atoms with Gasteiger partial charge in [0.25, 0.3) is 0 Å². The molecule has 12 heavy (non-hydrogen) atoms. The van der Waals surface area contributed by atoms with Gasteiger partial charge in [0.15, 0.2) is 0 Å². The summed E-state index contributed by atoms with van der Waals surface area (Å²) in [5.41, 5.74) is 0. The second-order valence-electron chi connectivity index (χ2n) is 3.74. The van der Waals surface area contributed by atoms with Crippen LogP contribution in [0, 0.1) is 0 Å². The molecule has 0 aromatic rings. The maximum Gasteiger partial charge on any atom is 0.330 e. The Morgan fingerprint density at radius 3 is 2.50 bits per heavy atom. The van der Waals surface area contributed by atoms with Gasteiger partial charge in [-0.1, -0.05) is 6.58 Å². The van der Waals surface area contributed by atoms with Gasteiger partial charge in [-0.15, -0.1) is 0 Å². The molecule has 0 heterocycles. The molecule has 0 spiro atoms. The molecular formula is C9H18NO2+. The van der Waals surface area contributed by atoms with E-state index < -0.39 is 0 Å². The summed E-state index contributed by atoms with van der Waals surface area (Å²) in [5.74, 6) is -0.337. The van der Waals surface area contributed by atoms with Crippen molar-refractivity contribution in [3.8, 4) is 0 Å². The molecule has 3 nitrogen and oxygen atoms in total. The number of hydrogen-bond donors (Lipinski definition) is 0. The number of carbonyl (C=O) groups is 1. The lowest BCUT2D eigenvalue weighted by Gasteiger charge is -2.23. The van der Waals surface area contributed by atoms with E-state index in [1.54, 1.807) is 0 Å². The van der Waals surface area contributed by atoms with Crippen molar-refractivity contribution < 1.29 is 14.0 Å². The van der Waals surface area contributed by atoms with E-state index in [2.05, 4.69) is 27.7 Å². The molecule has 70 valence electrons. The summed E-state index contributed by atoms with van der Waals surface area (Å²) in [4.78, 5) is 10.6. The minimum absolute atomic E-state index is 0.337. The molecule has 0 aromatic heterocycles. The summed E-state index contributed by atoms with van der Waals surface area (Å²) >= 11 is 0. The predicted molar refractivity (Wildman–Crippen MR) is 48.7 cm³/mol. The van der Waals surface area contributed by atoms with Crippen molar-refractivity contribution in [1.29, 1.82) is 0 Å². The molecule has 0 radical (unpaired) electrons. The van der Waals surface area contributed by atoms with Crippen molar-refractivity contribution in [2.45, 2.75) is 6.42 Å². The SMILES string of the molecule is C=CC(=O)OCCC[N+](C)(C)C. The third-order valence-electron chi connectivity index (χ3n) is 1.38. The van der Waals surface area contributed by atoms with Gasteiger partial charge in [0.1, 0.15) is 0 Å². The largest absolute Gasteiger partial charge is 0.462 e. The molecular weight excluding hydrogens is 154 g/mol. The molecule has 0 atom stereocenters. The van der Waals surface area contributed by atoms with Crippen LogP contribution < -0.4 is 0 Å². The first-order valence-corrected chi connectivity index (χ1v) is 4.05. The normalized spacial score (nSPS) is 10.9. The molecule has 0 rings (SSSR count). The molecule has 0 amide bonds. The fourth-order valence-corrected chi connectivity index (χ4v) is 0.771. The van der Waals surface area contributed by atoms with Crippen LogP contribution in [0.5, 0.6) is 0 Å². The van der Waals surface area contributed by atoms with E-state index in [9.17, 15) is 4.79 Å². The fourth-order valence-electron chi connectivity index (χ4n) is 0.771. The zero-order chi connectivity index (χ0) is 9.61. The molecule has 0 unspecified atom stereocenters. The average Bonchev–Trinajstić information content (AvgIpc) is 1.96. The van der Waals surface area contributed by atoms with E-state index in [4.69, 9.17) is 4.74 Å². The lowest BCUT2D eigenvalue weighted by atomic mass is 10.4. The Hall–Kier alpha value is -0.830. The first kappa shape index (κ1) is 11.2. The lowest BCUT2D eigenvalue weighted by Crippen LogP contribution is -2.35. The topological polar surface area (TPSA) is 26.3 Å². The number of carbonyl (C=O) groups excluding carboxylic acids is 1. The van der Waals surface area contributed by atoms with Gasteiger partial charge < -0.3 is 9.22 Å². The molecule has 0 bridgehead atoms. The molecule has 0 saturated carbocycles. The highest BCUT2D eigenvalue weighted by Crippen LogP contribution is 1.94. The van der Waals surface area contributed by atoms with Crippen LogP contribution in [-0.4, -0.2) is 44.7 Å². The highest BCUT2D eigenvalue weighted by Gasteiger charge is 2.06. The predicted octanol–water partition coefficient (Wildman–Crippen LogP) is 0.812. The van der Waals surface area contributed by atoms with Gasteiger partial charge in [-0.2, -0.15) is 0 Å². The van der Waals surface area contributed by atoms with Gasteiger partial charge in [-0.05, 0) is 0 Å². The van der Waals surface area contributed by atoms with Crippen molar-refractivity contribution in [3.63, 3.8) is 0 Å². The summed E-state index contributed by atoms with van der Waals surface area (Å²) in [6, 6.07) is 0. The molecule has 0 N–H and O–H groups in total. The maximum atomic E-state index is 10.6. The standard InChI is InChI=1S/C9H18NO2/c1-5-9(11)12-8-6-7-10(2,3)4/h5H,1,6-8H2,2-4H3/q+1. The average molecular weight is 172 g/mol. The molecule has 0 aromatic carbocycles. The molecule has 0 aliphatic heterocycles. The third-order valence-corrected chi connectivity index (χ3v) is 1.38. The van der Waals surface area contributed by atoms with Gasteiger partial charge in [0.2, 0.25) is 0 Å². The first-order valence-electron chi connectivity index (χ1n) is 4.05. The zero-order valence-electron chi connectivity index (χ0n) is 8.17. The Morgan fingerprint density at radius 1 is 1.50 bits per heavy atom. The number of hydrogen-bond acceptors (Lipinski definition) is 2. The Morgan fingerprint density at radius 2 is 2.08 bits per heavy atom. The zero-order valence-corrected chi connectivity index (χ0v) is 8.17. The van der Waals surface area contributed by atoms with Crippen LogP contribution in [0.2, 0.25) is 0 Å². The van der Waals surface area contributed by atoms with Crippen LogP contribution >= 0.6 is 0 Å². The Bertz CT molecular complexity index is 158. The molecule has 3 heteroatoms. The number of ether oxygens (including phenoxy) is 1. The van der Waals surface area contributed by atoms with Gasteiger partial charge >= 0.3 is 5.97 Å². The summed E-state index contributed by atoms with van der Waals surface area (Å²) in [7, 11) is 6.32. The van der Waals surface area contributed by atoms with Gasteiger partial charge in [0, 0.05) is 12.5 Å². The van der Waals surface area contributed by atoms with E-state index in [0.717, 1.165) is 17.4 Å². The molecule has 0 aliphatic carbocycles. The maximum absolute atomic E-state index is 10.6. The molecule has 0 saturated heterocycles. The van der Waals surface area contributed by atoms with E-state index in [0.29, 0.717) is 6.61 Å². The van der Waals surface area contributed by atoms with Crippen molar-refractivity contribution in [2.24, 2.45) is 0 Å². The third kappa shape index (κ3) is 7.28. The quantitative estimate of drug-likeness (QED) is 0.265. The van der Waals surface area contributed by atoms with Crippen molar-refractivity contribution in [2.75, 3.05) is 34.3 Å². The highest BCUT2D eigenvalue weighted by atomic mass is 16.5. The number of rotatable bonds is 5. The van der Waals surface area contributed by atoms with E-state index in [1.165, 1.54) is 6.08 Å². The summed E-state index contributed by atoms with van der Waals surface area (Å²) in [6.45, 7) is 4.80. The van der Waals surface area contributed by atoms with Crippen molar-refractivity contribution in [1.82, 2.24) is 0 Å². The van der Waals surface area contributed by atoms with Gasteiger partial charge in [-0.3, -0.25) is 0 Å². The Kier molecular flexibility index (Phi) is 4.59. The van der Waals surface area contributed by atoms with E-state index >= 15 is 0 Å². The summed E-state index contributed by atoms with van der Waals surface area (Å²) in [6.07, 6.45) is 2.08. The van der Waals surface area contributed by atoms with Crippen LogP contribution in [-0.2, 0) is 9.53 Å². The molecule has 0 aliphatic rings. The second kappa shape index (κ2) is 4.93. The monoisotopic (exact) mass is 172 g/mol. The Balaban J connectivity index is 3.34. The van der Waals surface area contributed by atoms with Crippen LogP contribution in [0.15, 0.2) is 12.7 Å². The summed E-state index contributed by atoms with van der Waals surface area (Å²) < 4.78 is 5.71. The minimum atomic E-state index is -0.337. The first-order chi connectivity index (χ1) is 5.45. The lowest BCUT2D eigenvalue weighted by molar-refractivity contribution is -0.870. The highest BCUT2D eigenvalue weighted by molar-refractivity contribution is 5.81. The van der Waals surface area contributed by atoms with Crippen LogP contribution in [0.3, 0.4) is 0 Å². The molecule has 0 fully saturated rings. The van der Waals surface area contributed by atoms with E-state index in [-0.39, 0.29) is 5.97 Å². The minimum Gasteiger partial charge on any atom is -0.462 e. The van der Waals surface area contributed by atoms with Crippen LogP contribution in [0.25, 0.3) is 0 Å². The fraction of sp³-hybridized carbons (Fsp3) is 0.667. The number of esters is 1. The summed E-state index contributed by atoms with van der Waals surface area (Å²) in [5, 5.41) is 0. The Labute approximate surface area is 74.2 Å². The second-order valence-corrected chi connectivity index (χ2v) is 3.74. The van der Waals surface area contributed by atoms with Crippen LogP contribution in [0.4, 0.5) is 0 Å². The van der Waals surface area contributed by atoms with Crippen LogP contribution in [0.1, 0.15) is 6.42 Å². The van der Waals surface area contributed by atoms with Gasteiger partial charge in [0.05, 0.1) is 34.3 Å². The number of nitrogens with zero attached hydrogens (tertiary/aromatic N) is 1. The smallest absolute Gasteiger partial charge is 0.330 e.